The molecule has 0 fully saturated rings. The second-order valence-corrected chi connectivity index (χ2v) is 16.2. The van der Waals surface area contributed by atoms with E-state index in [0.29, 0.717) is 32.8 Å². The zero-order chi connectivity index (χ0) is 40.6. The number of benzene rings is 5. The maximum absolute atomic E-state index is 11.8. The van der Waals surface area contributed by atoms with E-state index in [1.807, 2.05) is 81.4 Å². The monoisotopic (exact) mass is 826 g/mol. The molecular formula is C45H45N3NaO7S2+. The van der Waals surface area contributed by atoms with Crippen molar-refractivity contribution in [3.63, 3.8) is 0 Å². The van der Waals surface area contributed by atoms with Gasteiger partial charge >= 0.3 is 29.6 Å². The van der Waals surface area contributed by atoms with E-state index >= 15 is 0 Å². The second kappa shape index (κ2) is 19.8. The summed E-state index contributed by atoms with van der Waals surface area (Å²) >= 11 is 0. The van der Waals surface area contributed by atoms with Crippen LogP contribution in [0.3, 0.4) is 0 Å². The van der Waals surface area contributed by atoms with E-state index in [0.717, 1.165) is 61.9 Å². The first-order valence-electron chi connectivity index (χ1n) is 18.6. The Morgan fingerprint density at radius 1 is 0.724 bits per heavy atom. The van der Waals surface area contributed by atoms with Crippen molar-refractivity contribution in [1.82, 2.24) is 0 Å². The molecule has 5 aromatic carbocycles. The Morgan fingerprint density at radius 2 is 1.28 bits per heavy atom. The predicted octanol–water partition coefficient (Wildman–Crippen LogP) is 5.61. The van der Waals surface area contributed by atoms with Crippen LogP contribution in [0.15, 0.2) is 161 Å². The van der Waals surface area contributed by atoms with Crippen molar-refractivity contribution in [2.45, 2.75) is 43.7 Å². The van der Waals surface area contributed by atoms with Gasteiger partial charge in [-0.15, -0.1) is 0 Å². The van der Waals surface area contributed by atoms with E-state index < -0.39 is 20.2 Å². The zero-order valence-corrected chi connectivity index (χ0v) is 36.6. The molecule has 6 rings (SSSR count). The average molecular weight is 827 g/mol. The number of anilines is 3. The molecule has 1 aliphatic rings. The van der Waals surface area contributed by atoms with Crippen molar-refractivity contribution in [1.29, 1.82) is 0 Å². The molecule has 13 heteroatoms. The SMILES string of the molecule is CCOc1ccc(Nc2ccc(C(=C3C=CC(=[N+](CC)Cc4cccc(S(=O)(=O)O)c4)C=C3)c3ccc(N(CC)Cc4cccc(S(=O)(=O)[O-])c4)cc3)cc2)cc1.[Na+]. The third-order valence-electron chi connectivity index (χ3n) is 9.56. The molecule has 0 saturated heterocycles. The molecule has 0 atom stereocenters. The Hall–Kier alpha value is -4.79. The number of rotatable bonds is 15. The first-order chi connectivity index (χ1) is 27.3. The Balaban J connectivity index is 0.00000641. The third-order valence-corrected chi connectivity index (χ3v) is 11.2. The summed E-state index contributed by atoms with van der Waals surface area (Å²) in [5.74, 6) is 0.814. The molecular weight excluding hydrogens is 782 g/mol. The maximum atomic E-state index is 11.8. The fraction of sp³-hybridized carbons (Fsp3) is 0.178. The van der Waals surface area contributed by atoms with Crippen molar-refractivity contribution in [3.05, 3.63) is 173 Å². The topological polar surface area (TPSA) is 139 Å². The van der Waals surface area contributed by atoms with Crippen LogP contribution in [0.1, 0.15) is 43.0 Å². The number of ether oxygens (including phenoxy) is 1. The minimum Gasteiger partial charge on any atom is -0.744 e. The molecule has 10 nitrogen and oxygen atoms in total. The summed E-state index contributed by atoms with van der Waals surface area (Å²) in [5.41, 5.74) is 9.24. The van der Waals surface area contributed by atoms with Gasteiger partial charge in [-0.25, -0.2) is 13.0 Å². The summed E-state index contributed by atoms with van der Waals surface area (Å²) in [6.45, 7) is 8.81. The largest absolute Gasteiger partial charge is 1.00 e. The maximum Gasteiger partial charge on any atom is 1.00 e. The van der Waals surface area contributed by atoms with Gasteiger partial charge < -0.3 is 19.5 Å². The van der Waals surface area contributed by atoms with Crippen molar-refractivity contribution in [3.8, 4) is 5.75 Å². The van der Waals surface area contributed by atoms with Crippen LogP contribution in [-0.4, -0.2) is 55.9 Å². The molecule has 0 spiro atoms. The standard InChI is InChI=1S/C45H45N3O7S2.Na/c1-4-47(31-33-9-7-11-43(29-33)56(49,50)51)40-23-15-36(16-24-40)45(35-13-19-38(20-14-35)46-39-21-27-42(28-22-39)55-6-3)37-17-25-41(26-18-37)48(5-2)32-34-10-8-12-44(30-34)57(52,53)54;/h7-30H,4-6,31-32H2,1-3H3,(H2,49,50,51,52,53,54);/q;+1. The van der Waals surface area contributed by atoms with Gasteiger partial charge in [-0.3, -0.25) is 4.55 Å². The van der Waals surface area contributed by atoms with Gasteiger partial charge in [-0.2, -0.15) is 8.42 Å². The summed E-state index contributed by atoms with van der Waals surface area (Å²) in [7, 11) is -8.88. The summed E-state index contributed by atoms with van der Waals surface area (Å²) in [4.78, 5) is 1.73. The number of nitrogens with zero attached hydrogens (tertiary/aromatic N) is 2. The molecule has 0 amide bonds. The predicted molar refractivity (Wildman–Crippen MR) is 225 cm³/mol. The third kappa shape index (κ3) is 11.4. The zero-order valence-electron chi connectivity index (χ0n) is 33.0. The van der Waals surface area contributed by atoms with E-state index in [-0.39, 0.29) is 39.3 Å². The van der Waals surface area contributed by atoms with Gasteiger partial charge in [0.1, 0.15) is 22.4 Å². The first kappa shape index (κ1) is 44.3. The van der Waals surface area contributed by atoms with Crippen molar-refractivity contribution >= 4 is 48.6 Å². The molecule has 0 bridgehead atoms. The summed E-state index contributed by atoms with van der Waals surface area (Å²) in [5, 5.41) is 3.46. The van der Waals surface area contributed by atoms with E-state index in [2.05, 4.69) is 63.4 Å². The van der Waals surface area contributed by atoms with Gasteiger partial charge in [0.2, 0.25) is 0 Å². The summed E-state index contributed by atoms with van der Waals surface area (Å²) in [6.07, 6.45) is 8.27. The molecule has 2 N–H and O–H groups in total. The van der Waals surface area contributed by atoms with E-state index in [1.165, 1.54) is 24.3 Å². The van der Waals surface area contributed by atoms with Crippen molar-refractivity contribution in [2.75, 3.05) is 29.9 Å². The van der Waals surface area contributed by atoms with E-state index in [9.17, 15) is 25.9 Å². The summed E-state index contributed by atoms with van der Waals surface area (Å²) < 4.78 is 75.8. The normalized spacial score (nSPS) is 12.5. The van der Waals surface area contributed by atoms with Gasteiger partial charge in [0, 0.05) is 47.9 Å². The minimum absolute atomic E-state index is 0. The van der Waals surface area contributed by atoms with Gasteiger partial charge in [-0.1, -0.05) is 48.5 Å². The molecule has 0 heterocycles. The average Bonchev–Trinajstić information content (AvgIpc) is 3.21. The van der Waals surface area contributed by atoms with E-state index in [4.69, 9.17) is 4.74 Å². The Labute approximate surface area is 363 Å². The van der Waals surface area contributed by atoms with Gasteiger partial charge in [0.05, 0.1) is 16.4 Å². The molecule has 0 unspecified atom stereocenters. The molecule has 0 aliphatic heterocycles. The first-order valence-corrected chi connectivity index (χ1v) is 21.5. The molecule has 5 aromatic rings. The van der Waals surface area contributed by atoms with Crippen LogP contribution < -0.4 is 44.5 Å². The van der Waals surface area contributed by atoms with Crippen LogP contribution >= 0.6 is 0 Å². The number of allylic oxidation sites excluding steroid dienone is 5. The van der Waals surface area contributed by atoms with Gasteiger partial charge in [0.15, 0.2) is 12.3 Å². The number of hydrogen-bond donors (Lipinski definition) is 2. The Morgan fingerprint density at radius 3 is 1.83 bits per heavy atom. The molecule has 58 heavy (non-hydrogen) atoms. The van der Waals surface area contributed by atoms with Crippen LogP contribution in [0.2, 0.25) is 0 Å². The van der Waals surface area contributed by atoms with Crippen LogP contribution in [-0.2, 0) is 33.3 Å². The van der Waals surface area contributed by atoms with E-state index in [1.54, 1.807) is 12.1 Å². The minimum atomic E-state index is -4.56. The van der Waals surface area contributed by atoms with Crippen LogP contribution in [0.25, 0.3) is 5.57 Å². The molecule has 294 valence electrons. The summed E-state index contributed by atoms with van der Waals surface area (Å²) in [6, 6.07) is 36.8. The number of hydrogen-bond acceptors (Lipinski definition) is 8. The van der Waals surface area contributed by atoms with Crippen LogP contribution in [0.5, 0.6) is 5.75 Å². The second-order valence-electron chi connectivity index (χ2n) is 13.4. The van der Waals surface area contributed by atoms with Gasteiger partial charge in [-0.05, 0) is 134 Å². The smallest absolute Gasteiger partial charge is 0.744 e. The quantitative estimate of drug-likeness (QED) is 0.0784. The van der Waals surface area contributed by atoms with Crippen LogP contribution in [0, 0.1) is 0 Å². The fourth-order valence-electron chi connectivity index (χ4n) is 6.68. The molecule has 0 aromatic heterocycles. The number of nitrogens with one attached hydrogen (secondary N) is 1. The molecule has 1 aliphatic carbocycles. The fourth-order valence-corrected chi connectivity index (χ4v) is 7.77. The Kier molecular flexibility index (Phi) is 15.1. The van der Waals surface area contributed by atoms with Crippen molar-refractivity contribution < 1.29 is 64.8 Å². The molecule has 0 saturated carbocycles. The van der Waals surface area contributed by atoms with Gasteiger partial charge in [0.25, 0.3) is 10.1 Å². The Bertz CT molecular complexity index is 2550. The van der Waals surface area contributed by atoms with Crippen LogP contribution in [0.4, 0.5) is 17.1 Å². The molecule has 0 radical (unpaired) electrons. The van der Waals surface area contributed by atoms with Crippen molar-refractivity contribution in [2.24, 2.45) is 0 Å².